The molecule has 0 N–H and O–H groups in total. The van der Waals surface area contributed by atoms with E-state index in [1.807, 2.05) is 6.26 Å². The minimum atomic E-state index is -3.88. The first-order valence-corrected chi connectivity index (χ1v) is 9.96. The van der Waals surface area contributed by atoms with Crippen molar-refractivity contribution in [3.05, 3.63) is 57.6 Å². The van der Waals surface area contributed by atoms with Gasteiger partial charge < -0.3 is 0 Å². The van der Waals surface area contributed by atoms with Crippen molar-refractivity contribution in [1.82, 2.24) is 0 Å². The van der Waals surface area contributed by atoms with Crippen molar-refractivity contribution in [3.63, 3.8) is 0 Å². The highest BCUT2D eigenvalue weighted by Crippen LogP contribution is 2.33. The van der Waals surface area contributed by atoms with Gasteiger partial charge in [-0.15, -0.1) is 11.8 Å². The number of halogens is 1. The zero-order valence-corrected chi connectivity index (χ0v) is 15.4. The van der Waals surface area contributed by atoms with Crippen LogP contribution in [0, 0.1) is 10.1 Å². The molecule has 128 valence electrons. The van der Waals surface area contributed by atoms with Crippen LogP contribution >= 0.6 is 23.4 Å². The van der Waals surface area contributed by atoms with E-state index in [4.69, 9.17) is 11.6 Å². The number of rotatable bonds is 6. The summed E-state index contributed by atoms with van der Waals surface area (Å²) in [6.07, 6.45) is 1.89. The van der Waals surface area contributed by atoms with E-state index in [1.165, 1.54) is 42.1 Å². The molecule has 0 radical (unpaired) electrons. The molecule has 2 aromatic carbocycles. The summed E-state index contributed by atoms with van der Waals surface area (Å²) >= 11 is 7.59. The summed E-state index contributed by atoms with van der Waals surface area (Å²) in [5, 5.41) is 11.1. The Morgan fingerprint density at radius 1 is 1.21 bits per heavy atom. The van der Waals surface area contributed by atoms with E-state index < -0.39 is 14.9 Å². The fourth-order valence-corrected chi connectivity index (χ4v) is 4.31. The maximum absolute atomic E-state index is 12.9. The van der Waals surface area contributed by atoms with Crippen LogP contribution < -0.4 is 4.31 Å². The number of sulfonamides is 1. The monoisotopic (exact) mass is 386 g/mol. The van der Waals surface area contributed by atoms with Gasteiger partial charge in [-0.1, -0.05) is 11.6 Å². The van der Waals surface area contributed by atoms with E-state index in [-0.39, 0.29) is 27.8 Å². The fraction of sp³-hybridized carbons (Fsp3) is 0.200. The molecular weight excluding hydrogens is 372 g/mol. The van der Waals surface area contributed by atoms with Crippen molar-refractivity contribution in [2.75, 3.05) is 17.1 Å². The summed E-state index contributed by atoms with van der Waals surface area (Å²) in [6, 6.07) is 10.2. The van der Waals surface area contributed by atoms with E-state index >= 15 is 0 Å². The van der Waals surface area contributed by atoms with Gasteiger partial charge in [-0.25, -0.2) is 8.42 Å². The second-order valence-electron chi connectivity index (χ2n) is 4.74. The first-order valence-electron chi connectivity index (χ1n) is 6.92. The molecule has 0 spiro atoms. The lowest BCUT2D eigenvalue weighted by Crippen LogP contribution is -2.31. The van der Waals surface area contributed by atoms with Gasteiger partial charge in [0.15, 0.2) is 0 Å². The number of anilines is 1. The molecule has 0 aliphatic heterocycles. The molecule has 0 aliphatic rings. The van der Waals surface area contributed by atoms with E-state index in [1.54, 1.807) is 19.1 Å². The summed E-state index contributed by atoms with van der Waals surface area (Å²) in [4.78, 5) is 11.4. The van der Waals surface area contributed by atoms with Crippen LogP contribution in [0.3, 0.4) is 0 Å². The van der Waals surface area contributed by atoms with Crippen molar-refractivity contribution < 1.29 is 13.3 Å². The third kappa shape index (κ3) is 3.66. The number of nitro groups is 1. The Bertz CT molecular complexity index is 854. The van der Waals surface area contributed by atoms with Gasteiger partial charge in [-0.2, -0.15) is 0 Å². The first kappa shape index (κ1) is 18.6. The molecule has 2 rings (SSSR count). The molecule has 0 fully saturated rings. The molecule has 0 aromatic heterocycles. The minimum absolute atomic E-state index is 0.0855. The van der Waals surface area contributed by atoms with Gasteiger partial charge in [0.25, 0.3) is 15.7 Å². The number of hydrogen-bond donors (Lipinski definition) is 0. The van der Waals surface area contributed by atoms with Crippen molar-refractivity contribution in [3.8, 4) is 0 Å². The molecule has 0 bridgehead atoms. The summed E-state index contributed by atoms with van der Waals surface area (Å²) < 4.78 is 26.8. The van der Waals surface area contributed by atoms with Crippen molar-refractivity contribution >= 4 is 44.8 Å². The van der Waals surface area contributed by atoms with Crippen LogP contribution in [0.1, 0.15) is 6.92 Å². The van der Waals surface area contributed by atoms with Gasteiger partial charge >= 0.3 is 0 Å². The van der Waals surface area contributed by atoms with E-state index in [0.29, 0.717) is 0 Å². The molecule has 9 heteroatoms. The third-order valence-corrected chi connectivity index (χ3v) is 6.31. The Morgan fingerprint density at radius 2 is 1.83 bits per heavy atom. The van der Waals surface area contributed by atoms with Gasteiger partial charge in [0.1, 0.15) is 0 Å². The Kier molecular flexibility index (Phi) is 5.74. The van der Waals surface area contributed by atoms with Gasteiger partial charge in [0, 0.05) is 23.6 Å². The predicted octanol–water partition coefficient (Wildman–Crippen LogP) is 4.19. The lowest BCUT2D eigenvalue weighted by molar-refractivity contribution is -0.384. The van der Waals surface area contributed by atoms with Crippen LogP contribution in [0.2, 0.25) is 5.02 Å². The quantitative estimate of drug-likeness (QED) is 0.422. The molecule has 0 atom stereocenters. The average Bonchev–Trinajstić information content (AvgIpc) is 2.56. The van der Waals surface area contributed by atoms with Gasteiger partial charge in [0.2, 0.25) is 0 Å². The smallest absolute Gasteiger partial charge is 0.265 e. The van der Waals surface area contributed by atoms with Crippen LogP contribution in [-0.2, 0) is 10.0 Å². The molecule has 0 unspecified atom stereocenters. The maximum atomic E-state index is 12.9. The Morgan fingerprint density at radius 3 is 2.33 bits per heavy atom. The average molecular weight is 387 g/mol. The molecule has 0 saturated heterocycles. The van der Waals surface area contributed by atoms with E-state index in [0.717, 1.165) is 9.20 Å². The molecule has 0 heterocycles. The highest BCUT2D eigenvalue weighted by molar-refractivity contribution is 7.98. The lowest BCUT2D eigenvalue weighted by Gasteiger charge is -2.23. The predicted molar refractivity (Wildman–Crippen MR) is 96.5 cm³/mol. The molecule has 0 amide bonds. The first-order chi connectivity index (χ1) is 11.3. The van der Waals surface area contributed by atoms with Crippen LogP contribution in [0.5, 0.6) is 0 Å². The molecular formula is C15H15ClN2O4S2. The lowest BCUT2D eigenvalue weighted by atomic mass is 10.3. The largest absolute Gasteiger partial charge is 0.271 e. The highest BCUT2D eigenvalue weighted by atomic mass is 35.5. The van der Waals surface area contributed by atoms with Crippen molar-refractivity contribution in [1.29, 1.82) is 0 Å². The van der Waals surface area contributed by atoms with Crippen LogP contribution in [0.15, 0.2) is 52.3 Å². The Labute approximate surface area is 149 Å². The van der Waals surface area contributed by atoms with Crippen LogP contribution in [-0.4, -0.2) is 26.1 Å². The molecule has 24 heavy (non-hydrogen) atoms. The van der Waals surface area contributed by atoms with Crippen molar-refractivity contribution in [2.45, 2.75) is 16.7 Å². The fourth-order valence-electron chi connectivity index (χ4n) is 2.15. The van der Waals surface area contributed by atoms with Crippen LogP contribution in [0.4, 0.5) is 11.4 Å². The molecule has 6 nitrogen and oxygen atoms in total. The number of non-ortho nitro benzene ring substituents is 1. The van der Waals surface area contributed by atoms with Gasteiger partial charge in [-0.05, 0) is 43.5 Å². The van der Waals surface area contributed by atoms with Crippen molar-refractivity contribution in [2.24, 2.45) is 0 Å². The second-order valence-corrected chi connectivity index (χ2v) is 7.89. The number of nitro benzene ring substituents is 1. The second kappa shape index (κ2) is 7.42. The zero-order valence-electron chi connectivity index (χ0n) is 13.0. The van der Waals surface area contributed by atoms with E-state index in [2.05, 4.69) is 0 Å². The molecule has 0 saturated carbocycles. The third-order valence-electron chi connectivity index (χ3n) is 3.34. The summed E-state index contributed by atoms with van der Waals surface area (Å²) in [5.74, 6) is 0. The number of nitrogens with zero attached hydrogens (tertiary/aromatic N) is 2. The van der Waals surface area contributed by atoms with Crippen LogP contribution in [0.25, 0.3) is 0 Å². The van der Waals surface area contributed by atoms with Gasteiger partial charge in [-0.3, -0.25) is 14.4 Å². The Hall–Kier alpha value is -1.77. The zero-order chi connectivity index (χ0) is 17.9. The summed E-state index contributed by atoms with van der Waals surface area (Å²) in [6.45, 7) is 1.73. The number of benzene rings is 2. The normalized spacial score (nSPS) is 11.3. The minimum Gasteiger partial charge on any atom is -0.265 e. The standard InChI is InChI=1S/C15H15ClN2O4S2/c1-3-17(15-10-11(18(19)20)4-9-14(15)16)24(21,22)13-7-5-12(23-2)6-8-13/h4-10H,3H2,1-2H3. The topological polar surface area (TPSA) is 80.5 Å². The maximum Gasteiger partial charge on any atom is 0.271 e. The number of thioether (sulfide) groups is 1. The highest BCUT2D eigenvalue weighted by Gasteiger charge is 2.26. The Balaban J connectivity index is 2.53. The summed E-state index contributed by atoms with van der Waals surface area (Å²) in [7, 11) is -3.88. The molecule has 0 aliphatic carbocycles. The SMILES string of the molecule is CCN(c1cc([N+](=O)[O-])ccc1Cl)S(=O)(=O)c1ccc(SC)cc1. The van der Waals surface area contributed by atoms with Gasteiger partial charge in [0.05, 0.1) is 20.5 Å². The number of hydrogen-bond acceptors (Lipinski definition) is 5. The van der Waals surface area contributed by atoms with E-state index in [9.17, 15) is 18.5 Å². The summed E-state index contributed by atoms with van der Waals surface area (Å²) in [5.41, 5.74) is -0.136. The molecule has 2 aromatic rings.